The van der Waals surface area contributed by atoms with E-state index in [-0.39, 0.29) is 11.7 Å². The highest BCUT2D eigenvalue weighted by atomic mass is 19.1. The molecular formula is C19H19FN6O. The Balaban J connectivity index is 1.46. The molecule has 1 N–H and O–H groups in total. The predicted octanol–water partition coefficient (Wildman–Crippen LogP) is 3.40. The predicted molar refractivity (Wildman–Crippen MR) is 97.8 cm³/mol. The van der Waals surface area contributed by atoms with Gasteiger partial charge in [-0.25, -0.2) is 23.7 Å². The van der Waals surface area contributed by atoms with E-state index in [1.165, 1.54) is 6.07 Å². The highest BCUT2D eigenvalue weighted by Crippen LogP contribution is 2.38. The number of aryl methyl sites for hydroxylation is 1. The van der Waals surface area contributed by atoms with Crippen LogP contribution in [0.3, 0.4) is 0 Å². The van der Waals surface area contributed by atoms with E-state index in [1.807, 2.05) is 4.90 Å². The lowest BCUT2D eigenvalue weighted by atomic mass is 9.80. The number of hydrogen-bond acceptors (Lipinski definition) is 4. The summed E-state index contributed by atoms with van der Waals surface area (Å²) in [6.07, 6.45) is 9.27. The fourth-order valence-electron chi connectivity index (χ4n) is 4.18. The SMILES string of the molecule is Cc1cc(F)c(NC(=O)N2C3CCCC2C3)cc1-c1ncc2nccn2n1. The molecule has 8 heteroatoms. The van der Waals surface area contributed by atoms with E-state index < -0.39 is 5.82 Å². The summed E-state index contributed by atoms with van der Waals surface area (Å²) in [5.41, 5.74) is 2.16. The molecular weight excluding hydrogens is 347 g/mol. The number of rotatable bonds is 2. The maximum atomic E-state index is 14.5. The maximum Gasteiger partial charge on any atom is 0.322 e. The Morgan fingerprint density at radius 2 is 2.07 bits per heavy atom. The number of nitrogens with zero attached hydrogens (tertiary/aromatic N) is 5. The number of urea groups is 1. The highest BCUT2D eigenvalue weighted by Gasteiger charge is 2.44. The Hall–Kier alpha value is -3.03. The molecule has 1 aromatic carbocycles. The van der Waals surface area contributed by atoms with Gasteiger partial charge in [0.25, 0.3) is 0 Å². The van der Waals surface area contributed by atoms with Gasteiger partial charge in [0.1, 0.15) is 5.82 Å². The van der Waals surface area contributed by atoms with E-state index in [2.05, 4.69) is 20.4 Å². The number of amides is 2. The number of nitrogens with one attached hydrogen (secondary N) is 1. The number of benzene rings is 1. The molecule has 0 saturated carbocycles. The van der Waals surface area contributed by atoms with Crippen molar-refractivity contribution in [3.63, 3.8) is 0 Å². The van der Waals surface area contributed by atoms with E-state index in [0.29, 0.717) is 34.7 Å². The van der Waals surface area contributed by atoms with Gasteiger partial charge in [-0.3, -0.25) is 0 Å². The number of imidazole rings is 1. The van der Waals surface area contributed by atoms with Gasteiger partial charge < -0.3 is 10.2 Å². The zero-order valence-electron chi connectivity index (χ0n) is 14.9. The normalized spacial score (nSPS) is 21.2. The molecule has 2 aliphatic heterocycles. The molecule has 2 saturated heterocycles. The Bertz CT molecular complexity index is 1030. The molecule has 4 heterocycles. The van der Waals surface area contributed by atoms with Crippen LogP contribution in [-0.2, 0) is 0 Å². The van der Waals surface area contributed by atoms with Crippen LogP contribution in [0.4, 0.5) is 14.9 Å². The van der Waals surface area contributed by atoms with E-state index in [1.54, 1.807) is 36.1 Å². The van der Waals surface area contributed by atoms with Crippen molar-refractivity contribution in [3.8, 4) is 11.4 Å². The van der Waals surface area contributed by atoms with Crippen molar-refractivity contribution < 1.29 is 9.18 Å². The number of fused-ring (bicyclic) bond motifs is 3. The second-order valence-electron chi connectivity index (χ2n) is 7.27. The number of carbonyl (C=O) groups is 1. The van der Waals surface area contributed by atoms with Gasteiger partial charge in [-0.15, -0.1) is 5.10 Å². The molecule has 0 aliphatic carbocycles. The lowest BCUT2D eigenvalue weighted by Crippen LogP contribution is -2.62. The van der Waals surface area contributed by atoms with Gasteiger partial charge in [0, 0.05) is 30.0 Å². The molecule has 2 aliphatic rings. The summed E-state index contributed by atoms with van der Waals surface area (Å²) in [5, 5.41) is 7.17. The standard InChI is InChI=1S/C19H19FN6O/c1-11-7-15(20)16(23-19(27)26-12-3-2-4-13(26)8-12)9-14(11)18-22-10-17-21-5-6-25(17)24-18/h5-7,9-10,12-13H,2-4,8H2,1H3,(H,23,27). The van der Waals surface area contributed by atoms with Crippen LogP contribution in [0.15, 0.2) is 30.7 Å². The lowest BCUT2D eigenvalue weighted by molar-refractivity contribution is 0.0173. The molecule has 2 aromatic heterocycles. The number of piperidine rings is 1. The molecule has 138 valence electrons. The van der Waals surface area contributed by atoms with Gasteiger partial charge in [0.15, 0.2) is 11.5 Å². The fraction of sp³-hybridized carbons (Fsp3) is 0.368. The molecule has 0 spiro atoms. The summed E-state index contributed by atoms with van der Waals surface area (Å²) in [6.45, 7) is 1.80. The average molecular weight is 366 g/mol. The van der Waals surface area contributed by atoms with Gasteiger partial charge in [-0.05, 0) is 50.3 Å². The zero-order chi connectivity index (χ0) is 18.5. The average Bonchev–Trinajstić information content (AvgIpc) is 3.12. The van der Waals surface area contributed by atoms with Crippen molar-refractivity contribution in [2.45, 2.75) is 44.7 Å². The summed E-state index contributed by atoms with van der Waals surface area (Å²) in [5.74, 6) is -0.00619. The van der Waals surface area contributed by atoms with Gasteiger partial charge in [-0.2, -0.15) is 0 Å². The van der Waals surface area contributed by atoms with E-state index in [0.717, 1.165) is 25.7 Å². The second-order valence-corrected chi connectivity index (χ2v) is 7.27. The van der Waals surface area contributed by atoms with Crippen LogP contribution < -0.4 is 5.32 Å². The topological polar surface area (TPSA) is 75.4 Å². The van der Waals surface area contributed by atoms with Gasteiger partial charge >= 0.3 is 6.03 Å². The molecule has 0 radical (unpaired) electrons. The Morgan fingerprint density at radius 3 is 2.85 bits per heavy atom. The Morgan fingerprint density at radius 1 is 1.26 bits per heavy atom. The number of carbonyl (C=O) groups excluding carboxylic acids is 1. The molecule has 7 nitrogen and oxygen atoms in total. The molecule has 5 rings (SSSR count). The van der Waals surface area contributed by atoms with Crippen molar-refractivity contribution in [3.05, 3.63) is 42.1 Å². The third-order valence-electron chi connectivity index (χ3n) is 5.59. The first-order chi connectivity index (χ1) is 13.1. The van der Waals surface area contributed by atoms with Crippen molar-refractivity contribution in [2.24, 2.45) is 0 Å². The van der Waals surface area contributed by atoms with E-state index in [4.69, 9.17) is 0 Å². The lowest BCUT2D eigenvalue weighted by Gasteiger charge is -2.52. The Labute approximate surface area is 155 Å². The summed E-state index contributed by atoms with van der Waals surface area (Å²) in [7, 11) is 0. The summed E-state index contributed by atoms with van der Waals surface area (Å²) < 4.78 is 16.1. The first kappa shape index (κ1) is 16.2. The van der Waals surface area contributed by atoms with Crippen LogP contribution >= 0.6 is 0 Å². The van der Waals surface area contributed by atoms with Crippen molar-refractivity contribution in [2.75, 3.05) is 5.32 Å². The van der Waals surface area contributed by atoms with Crippen molar-refractivity contribution >= 4 is 17.4 Å². The second kappa shape index (κ2) is 6.00. The van der Waals surface area contributed by atoms with Crippen LogP contribution in [-0.4, -0.2) is 42.6 Å². The first-order valence-electron chi connectivity index (χ1n) is 9.16. The van der Waals surface area contributed by atoms with Gasteiger partial charge in [0.05, 0.1) is 11.9 Å². The Kier molecular flexibility index (Phi) is 3.60. The molecule has 2 bridgehead atoms. The first-order valence-corrected chi connectivity index (χ1v) is 9.16. The monoisotopic (exact) mass is 366 g/mol. The maximum absolute atomic E-state index is 14.5. The van der Waals surface area contributed by atoms with Gasteiger partial charge in [0.2, 0.25) is 0 Å². The quantitative estimate of drug-likeness (QED) is 0.754. The number of hydrogen-bond donors (Lipinski definition) is 1. The molecule has 2 amide bonds. The molecule has 2 unspecified atom stereocenters. The van der Waals surface area contributed by atoms with Crippen molar-refractivity contribution in [1.29, 1.82) is 0 Å². The van der Waals surface area contributed by atoms with Crippen LogP contribution in [0.2, 0.25) is 0 Å². The molecule has 2 fully saturated rings. The summed E-state index contributed by atoms with van der Waals surface area (Å²) in [4.78, 5) is 22.9. The van der Waals surface area contributed by atoms with E-state index in [9.17, 15) is 9.18 Å². The molecule has 27 heavy (non-hydrogen) atoms. The number of anilines is 1. The van der Waals surface area contributed by atoms with E-state index >= 15 is 0 Å². The molecule has 3 aromatic rings. The minimum Gasteiger partial charge on any atom is -0.318 e. The number of aromatic nitrogens is 4. The fourth-order valence-corrected chi connectivity index (χ4v) is 4.18. The zero-order valence-corrected chi connectivity index (χ0v) is 14.9. The highest BCUT2D eigenvalue weighted by molar-refractivity contribution is 5.91. The van der Waals surface area contributed by atoms with Crippen LogP contribution in [0.25, 0.3) is 17.0 Å². The molecule has 2 atom stereocenters. The van der Waals surface area contributed by atoms with Crippen molar-refractivity contribution in [1.82, 2.24) is 24.5 Å². The van der Waals surface area contributed by atoms with Crippen LogP contribution in [0.5, 0.6) is 0 Å². The third kappa shape index (κ3) is 2.63. The summed E-state index contributed by atoms with van der Waals surface area (Å²) in [6, 6.07) is 3.38. The van der Waals surface area contributed by atoms with Crippen LogP contribution in [0, 0.1) is 12.7 Å². The van der Waals surface area contributed by atoms with Gasteiger partial charge in [-0.1, -0.05) is 0 Å². The summed E-state index contributed by atoms with van der Waals surface area (Å²) >= 11 is 0. The third-order valence-corrected chi connectivity index (χ3v) is 5.59. The van der Waals surface area contributed by atoms with Crippen LogP contribution in [0.1, 0.15) is 31.2 Å². The minimum absolute atomic E-state index is 0.153. The number of halogens is 1. The smallest absolute Gasteiger partial charge is 0.318 e. The largest absolute Gasteiger partial charge is 0.322 e. The minimum atomic E-state index is -0.459.